The molecule has 1 saturated heterocycles. The molecule has 34 heavy (non-hydrogen) atoms. The van der Waals surface area contributed by atoms with Crippen molar-refractivity contribution >= 4 is 23.2 Å². The van der Waals surface area contributed by atoms with Crippen LogP contribution >= 0.6 is 0 Å². The Bertz CT molecular complexity index is 974. The summed E-state index contributed by atoms with van der Waals surface area (Å²) in [5, 5.41) is 2.33. The Morgan fingerprint density at radius 3 is 2.26 bits per heavy atom. The van der Waals surface area contributed by atoms with Crippen LogP contribution in [0.1, 0.15) is 18.9 Å². The molecule has 0 unspecified atom stereocenters. The summed E-state index contributed by atoms with van der Waals surface area (Å²) in [6, 6.07) is 11.1. The molecular weight excluding hydrogens is 452 g/mol. The van der Waals surface area contributed by atoms with E-state index in [1.807, 2.05) is 6.92 Å². The lowest BCUT2D eigenvalue weighted by molar-refractivity contribution is -0.137. The number of anilines is 2. The largest absolute Gasteiger partial charge is 0.418 e. The Labute approximate surface area is 196 Å². The molecule has 6 nitrogen and oxygen atoms in total. The van der Waals surface area contributed by atoms with Gasteiger partial charge in [0.25, 0.3) is 0 Å². The molecule has 0 aromatic heterocycles. The minimum absolute atomic E-state index is 0.0416. The highest BCUT2D eigenvalue weighted by Gasteiger charge is 2.33. The van der Waals surface area contributed by atoms with Gasteiger partial charge in [0.05, 0.1) is 17.8 Å². The van der Waals surface area contributed by atoms with Crippen LogP contribution in [0.5, 0.6) is 0 Å². The van der Waals surface area contributed by atoms with E-state index in [-0.39, 0.29) is 30.4 Å². The van der Waals surface area contributed by atoms with Crippen LogP contribution < -0.4 is 10.2 Å². The summed E-state index contributed by atoms with van der Waals surface area (Å²) in [4.78, 5) is 30.6. The van der Waals surface area contributed by atoms with Crippen LogP contribution in [0, 0.1) is 5.82 Å². The third-order valence-corrected chi connectivity index (χ3v) is 5.79. The molecule has 1 aliphatic heterocycles. The number of hydrogen-bond donors (Lipinski definition) is 1. The lowest BCUT2D eigenvalue weighted by Crippen LogP contribution is -2.49. The molecule has 10 heteroatoms. The molecule has 0 radical (unpaired) electrons. The highest BCUT2D eigenvalue weighted by atomic mass is 19.4. The molecule has 2 aromatic carbocycles. The minimum Gasteiger partial charge on any atom is -0.368 e. The summed E-state index contributed by atoms with van der Waals surface area (Å²) in [7, 11) is 0. The van der Waals surface area contributed by atoms with Crippen molar-refractivity contribution in [3.05, 3.63) is 59.9 Å². The van der Waals surface area contributed by atoms with Crippen LogP contribution in [0.4, 0.5) is 28.9 Å². The first-order valence-corrected chi connectivity index (χ1v) is 11.1. The highest BCUT2D eigenvalue weighted by molar-refractivity contribution is 5.93. The van der Waals surface area contributed by atoms with Crippen LogP contribution in [0.15, 0.2) is 48.5 Å². The standard InChI is InChI=1S/C24H28F4N4O2/c1-2-30(17-22(33)29-21-6-4-3-5-20(21)24(26,27)28)12-11-23(34)32-15-13-31(14-16-32)19-9-7-18(25)8-10-19/h3-10H,2,11-17H2,1H3,(H,29,33). The highest BCUT2D eigenvalue weighted by Crippen LogP contribution is 2.34. The van der Waals surface area contributed by atoms with Crippen LogP contribution in [-0.2, 0) is 15.8 Å². The van der Waals surface area contributed by atoms with Gasteiger partial charge < -0.3 is 15.1 Å². The van der Waals surface area contributed by atoms with Crippen molar-refractivity contribution < 1.29 is 27.2 Å². The lowest BCUT2D eigenvalue weighted by atomic mass is 10.1. The van der Waals surface area contributed by atoms with E-state index in [1.54, 1.807) is 21.9 Å². The molecule has 0 bridgehead atoms. The van der Waals surface area contributed by atoms with E-state index in [9.17, 15) is 27.2 Å². The van der Waals surface area contributed by atoms with Crippen molar-refractivity contribution in [3.63, 3.8) is 0 Å². The van der Waals surface area contributed by atoms with Crippen LogP contribution in [0.25, 0.3) is 0 Å². The Balaban J connectivity index is 1.46. The van der Waals surface area contributed by atoms with Crippen molar-refractivity contribution in [1.29, 1.82) is 0 Å². The molecule has 0 spiro atoms. The Hall–Kier alpha value is -3.14. The number of nitrogens with zero attached hydrogens (tertiary/aromatic N) is 3. The molecular formula is C24H28F4N4O2. The van der Waals surface area contributed by atoms with E-state index in [1.165, 1.54) is 30.3 Å². The number of piperazine rings is 1. The second-order valence-electron chi connectivity index (χ2n) is 8.05. The number of nitrogens with one attached hydrogen (secondary N) is 1. The number of alkyl halides is 3. The van der Waals surface area contributed by atoms with Gasteiger partial charge in [0.1, 0.15) is 5.82 Å². The van der Waals surface area contributed by atoms with Crippen molar-refractivity contribution in [3.8, 4) is 0 Å². The van der Waals surface area contributed by atoms with Gasteiger partial charge in [-0.05, 0) is 42.9 Å². The van der Waals surface area contributed by atoms with E-state index >= 15 is 0 Å². The maximum absolute atomic E-state index is 13.1. The molecule has 1 fully saturated rings. The van der Waals surface area contributed by atoms with Gasteiger partial charge in [-0.25, -0.2) is 4.39 Å². The van der Waals surface area contributed by atoms with Crippen molar-refractivity contribution in [2.24, 2.45) is 0 Å². The summed E-state index contributed by atoms with van der Waals surface area (Å²) < 4.78 is 52.5. The number of hydrogen-bond acceptors (Lipinski definition) is 4. The topological polar surface area (TPSA) is 55.9 Å². The second-order valence-corrected chi connectivity index (χ2v) is 8.05. The molecule has 1 aliphatic rings. The zero-order chi connectivity index (χ0) is 24.7. The van der Waals surface area contributed by atoms with Gasteiger partial charge in [0.15, 0.2) is 0 Å². The molecule has 1 N–H and O–H groups in total. The summed E-state index contributed by atoms with van der Waals surface area (Å²) in [5.74, 6) is -0.907. The Morgan fingerprint density at radius 1 is 1.00 bits per heavy atom. The average Bonchev–Trinajstić information content (AvgIpc) is 2.81. The van der Waals surface area contributed by atoms with Crippen LogP contribution in [0.3, 0.4) is 0 Å². The van der Waals surface area contributed by atoms with Crippen molar-refractivity contribution in [2.45, 2.75) is 19.5 Å². The van der Waals surface area contributed by atoms with Gasteiger partial charge in [-0.1, -0.05) is 19.1 Å². The number of carbonyl (C=O) groups is 2. The normalized spacial score (nSPS) is 14.4. The zero-order valence-electron chi connectivity index (χ0n) is 18.9. The Kier molecular flexibility index (Phi) is 8.49. The Morgan fingerprint density at radius 2 is 1.65 bits per heavy atom. The maximum Gasteiger partial charge on any atom is 0.418 e. The lowest BCUT2D eigenvalue weighted by Gasteiger charge is -2.36. The third kappa shape index (κ3) is 6.93. The molecule has 0 saturated carbocycles. The van der Waals surface area contributed by atoms with E-state index in [2.05, 4.69) is 10.2 Å². The molecule has 3 rings (SSSR count). The number of benzene rings is 2. The third-order valence-electron chi connectivity index (χ3n) is 5.79. The monoisotopic (exact) mass is 480 g/mol. The first-order chi connectivity index (χ1) is 16.2. The summed E-state index contributed by atoms with van der Waals surface area (Å²) >= 11 is 0. The fourth-order valence-electron chi connectivity index (χ4n) is 3.86. The quantitative estimate of drug-likeness (QED) is 0.584. The fraction of sp³-hybridized carbons (Fsp3) is 0.417. The van der Waals surface area contributed by atoms with Crippen LogP contribution in [0.2, 0.25) is 0 Å². The second kappa shape index (κ2) is 11.3. The van der Waals surface area contributed by atoms with Gasteiger partial charge >= 0.3 is 6.18 Å². The average molecular weight is 481 g/mol. The summed E-state index contributed by atoms with van der Waals surface area (Å²) in [6.07, 6.45) is -4.36. The van der Waals surface area contributed by atoms with Gasteiger partial charge in [-0.15, -0.1) is 0 Å². The molecule has 2 amide bonds. The van der Waals surface area contributed by atoms with E-state index in [4.69, 9.17) is 0 Å². The smallest absolute Gasteiger partial charge is 0.368 e. The SMILES string of the molecule is CCN(CCC(=O)N1CCN(c2ccc(F)cc2)CC1)CC(=O)Nc1ccccc1C(F)(F)F. The number of likely N-dealkylation sites (N-methyl/N-ethyl adjacent to an activating group) is 1. The number of carbonyl (C=O) groups excluding carboxylic acids is 2. The van der Waals surface area contributed by atoms with Crippen molar-refractivity contribution in [1.82, 2.24) is 9.80 Å². The number of rotatable bonds is 8. The van der Waals surface area contributed by atoms with E-state index in [0.29, 0.717) is 39.3 Å². The molecule has 184 valence electrons. The van der Waals surface area contributed by atoms with Gasteiger partial charge in [0, 0.05) is 44.8 Å². The summed E-state index contributed by atoms with van der Waals surface area (Å²) in [6.45, 7) is 4.85. The maximum atomic E-state index is 13.1. The van der Waals surface area contributed by atoms with Gasteiger partial charge in [-0.2, -0.15) is 13.2 Å². The van der Waals surface area contributed by atoms with E-state index in [0.717, 1.165) is 11.8 Å². The molecule has 1 heterocycles. The molecule has 0 atom stereocenters. The zero-order valence-corrected chi connectivity index (χ0v) is 18.9. The molecule has 0 aliphatic carbocycles. The summed E-state index contributed by atoms with van der Waals surface area (Å²) in [5.41, 5.74) is -0.281. The minimum atomic E-state index is -4.57. The van der Waals surface area contributed by atoms with Crippen molar-refractivity contribution in [2.75, 3.05) is 56.0 Å². The van der Waals surface area contributed by atoms with Crippen LogP contribution in [-0.4, -0.2) is 67.4 Å². The predicted octanol–water partition coefficient (Wildman–Crippen LogP) is 3.84. The first-order valence-electron chi connectivity index (χ1n) is 11.1. The predicted molar refractivity (Wildman–Crippen MR) is 122 cm³/mol. The van der Waals surface area contributed by atoms with Gasteiger partial charge in [-0.3, -0.25) is 14.5 Å². The number of halogens is 4. The fourth-order valence-corrected chi connectivity index (χ4v) is 3.86. The van der Waals surface area contributed by atoms with E-state index < -0.39 is 17.6 Å². The van der Waals surface area contributed by atoms with Gasteiger partial charge in [0.2, 0.25) is 11.8 Å². The first kappa shape index (κ1) is 25.5. The molecule has 2 aromatic rings. The number of amides is 2. The number of para-hydroxylation sites is 1.